The molecule has 1 saturated carbocycles. The summed E-state index contributed by atoms with van der Waals surface area (Å²) in [6.07, 6.45) is 5.51. The van der Waals surface area contributed by atoms with Gasteiger partial charge in [-0.25, -0.2) is 0 Å². The molecule has 2 N–H and O–H groups in total. The molecule has 1 aliphatic carbocycles. The molecule has 1 atom stereocenters. The Labute approximate surface area is 155 Å². The zero-order chi connectivity index (χ0) is 17.4. The second-order valence-electron chi connectivity index (χ2n) is 5.72. The summed E-state index contributed by atoms with van der Waals surface area (Å²) in [5.41, 5.74) is 0. The van der Waals surface area contributed by atoms with Gasteiger partial charge in [0, 0.05) is 12.6 Å². The minimum atomic E-state index is -0.191. The lowest BCUT2D eigenvalue weighted by Crippen LogP contribution is -2.37. The average Bonchev–Trinajstić information content (AvgIpc) is 3.22. The lowest BCUT2D eigenvalue weighted by atomic mass is 10.2. The van der Waals surface area contributed by atoms with Crippen molar-refractivity contribution in [2.24, 2.45) is 0 Å². The molecule has 0 spiro atoms. The number of rotatable bonds is 9. The second-order valence-corrected chi connectivity index (χ2v) is 9.51. The van der Waals surface area contributed by atoms with Crippen LogP contribution >= 0.6 is 34.9 Å². The molecule has 1 heterocycles. The SMILES string of the molecule is CCCNC(=O)CSc1nnc(SC(C)C(=O)NC2CCCC2)s1. The van der Waals surface area contributed by atoms with E-state index >= 15 is 0 Å². The number of nitrogens with zero attached hydrogens (tertiary/aromatic N) is 2. The molecule has 0 saturated heterocycles. The zero-order valence-electron chi connectivity index (χ0n) is 14.0. The van der Waals surface area contributed by atoms with E-state index in [2.05, 4.69) is 20.8 Å². The van der Waals surface area contributed by atoms with Gasteiger partial charge in [0.05, 0.1) is 11.0 Å². The van der Waals surface area contributed by atoms with Gasteiger partial charge in [0.15, 0.2) is 8.68 Å². The lowest BCUT2D eigenvalue weighted by Gasteiger charge is -2.15. The van der Waals surface area contributed by atoms with Gasteiger partial charge in [-0.2, -0.15) is 0 Å². The number of carbonyl (C=O) groups is 2. The standard InChI is InChI=1S/C15H24N4O2S3/c1-3-8-16-12(20)9-22-14-18-19-15(24-14)23-10(2)13(21)17-11-6-4-5-7-11/h10-11H,3-9H2,1-2H3,(H,16,20)(H,17,21). The molecule has 24 heavy (non-hydrogen) atoms. The summed E-state index contributed by atoms with van der Waals surface area (Å²) in [6, 6.07) is 0.336. The Morgan fingerprint density at radius 3 is 2.71 bits per heavy atom. The van der Waals surface area contributed by atoms with E-state index in [0.29, 0.717) is 18.3 Å². The third-order valence-corrected chi connectivity index (χ3v) is 6.88. The van der Waals surface area contributed by atoms with Crippen molar-refractivity contribution in [2.75, 3.05) is 12.3 Å². The quantitative estimate of drug-likeness (QED) is 0.633. The third-order valence-electron chi connectivity index (χ3n) is 3.64. The first-order chi connectivity index (χ1) is 11.6. The topological polar surface area (TPSA) is 84.0 Å². The van der Waals surface area contributed by atoms with Crippen LogP contribution in [0.5, 0.6) is 0 Å². The molecule has 0 bridgehead atoms. The summed E-state index contributed by atoms with van der Waals surface area (Å²) in [7, 11) is 0. The highest BCUT2D eigenvalue weighted by atomic mass is 32.2. The molecule has 134 valence electrons. The highest BCUT2D eigenvalue weighted by molar-refractivity contribution is 8.04. The summed E-state index contributed by atoms with van der Waals surface area (Å²) < 4.78 is 1.52. The van der Waals surface area contributed by atoms with Crippen LogP contribution in [0.2, 0.25) is 0 Å². The molecular formula is C15H24N4O2S3. The highest BCUT2D eigenvalue weighted by Gasteiger charge is 2.22. The van der Waals surface area contributed by atoms with Crippen LogP contribution in [0, 0.1) is 0 Å². The molecule has 2 amide bonds. The van der Waals surface area contributed by atoms with Gasteiger partial charge in [-0.05, 0) is 26.2 Å². The maximum atomic E-state index is 12.2. The Morgan fingerprint density at radius 1 is 1.29 bits per heavy atom. The first-order valence-corrected chi connectivity index (χ1v) is 11.0. The van der Waals surface area contributed by atoms with Gasteiger partial charge in [-0.3, -0.25) is 9.59 Å². The molecular weight excluding hydrogens is 364 g/mol. The van der Waals surface area contributed by atoms with Crippen LogP contribution in [0.1, 0.15) is 46.0 Å². The van der Waals surface area contributed by atoms with Gasteiger partial charge in [-0.1, -0.05) is 54.6 Å². The van der Waals surface area contributed by atoms with Crippen LogP contribution in [0.15, 0.2) is 8.68 Å². The third kappa shape index (κ3) is 6.60. The number of nitrogens with one attached hydrogen (secondary N) is 2. The van der Waals surface area contributed by atoms with Crippen molar-refractivity contribution in [3.8, 4) is 0 Å². The van der Waals surface area contributed by atoms with Gasteiger partial charge >= 0.3 is 0 Å². The van der Waals surface area contributed by atoms with Crippen molar-refractivity contribution >= 4 is 46.7 Å². The molecule has 2 rings (SSSR count). The van der Waals surface area contributed by atoms with Crippen LogP contribution in [-0.2, 0) is 9.59 Å². The van der Waals surface area contributed by atoms with Crippen molar-refractivity contribution < 1.29 is 9.59 Å². The molecule has 0 aromatic carbocycles. The molecule has 1 aromatic rings. The van der Waals surface area contributed by atoms with Gasteiger partial charge in [0.2, 0.25) is 11.8 Å². The van der Waals surface area contributed by atoms with E-state index < -0.39 is 0 Å². The van der Waals surface area contributed by atoms with E-state index in [-0.39, 0.29) is 17.1 Å². The summed E-state index contributed by atoms with van der Waals surface area (Å²) in [4.78, 5) is 23.8. The number of aromatic nitrogens is 2. The first-order valence-electron chi connectivity index (χ1n) is 8.28. The summed E-state index contributed by atoms with van der Waals surface area (Å²) >= 11 is 4.23. The van der Waals surface area contributed by atoms with Gasteiger partial charge in [0.1, 0.15) is 0 Å². The smallest absolute Gasteiger partial charge is 0.233 e. The highest BCUT2D eigenvalue weighted by Crippen LogP contribution is 2.31. The Balaban J connectivity index is 1.73. The fourth-order valence-corrected chi connectivity index (χ4v) is 5.34. The minimum absolute atomic E-state index is 0.00978. The normalized spacial score (nSPS) is 16.1. The number of hydrogen-bond donors (Lipinski definition) is 2. The maximum absolute atomic E-state index is 12.2. The van der Waals surface area contributed by atoms with Crippen molar-refractivity contribution in [2.45, 2.75) is 65.9 Å². The lowest BCUT2D eigenvalue weighted by molar-refractivity contribution is -0.121. The van der Waals surface area contributed by atoms with E-state index in [4.69, 9.17) is 0 Å². The second kappa shape index (κ2) is 10.2. The van der Waals surface area contributed by atoms with Crippen LogP contribution in [0.4, 0.5) is 0 Å². The predicted octanol–water partition coefficient (Wildman–Crippen LogP) is 2.70. The average molecular weight is 389 g/mol. The largest absolute Gasteiger partial charge is 0.355 e. The summed E-state index contributed by atoms with van der Waals surface area (Å²) in [6.45, 7) is 4.61. The van der Waals surface area contributed by atoms with Crippen molar-refractivity contribution in [3.63, 3.8) is 0 Å². The molecule has 1 aromatic heterocycles. The fraction of sp³-hybridized carbons (Fsp3) is 0.733. The first kappa shape index (κ1) is 19.5. The van der Waals surface area contributed by atoms with Crippen molar-refractivity contribution in [3.05, 3.63) is 0 Å². The fourth-order valence-electron chi connectivity index (χ4n) is 2.34. The molecule has 9 heteroatoms. The van der Waals surface area contributed by atoms with E-state index in [0.717, 1.165) is 27.9 Å². The number of hydrogen-bond acceptors (Lipinski definition) is 7. The molecule has 0 radical (unpaired) electrons. The van der Waals surface area contributed by atoms with Gasteiger partial charge in [0.25, 0.3) is 0 Å². The van der Waals surface area contributed by atoms with Crippen LogP contribution in [-0.4, -0.2) is 45.6 Å². The summed E-state index contributed by atoms with van der Waals surface area (Å²) in [5, 5.41) is 13.9. The molecule has 0 aliphatic heterocycles. The van der Waals surface area contributed by atoms with Gasteiger partial charge in [-0.15, -0.1) is 10.2 Å². The predicted molar refractivity (Wildman–Crippen MR) is 99.7 cm³/mol. The minimum Gasteiger partial charge on any atom is -0.355 e. The molecule has 1 aliphatic rings. The van der Waals surface area contributed by atoms with Crippen LogP contribution < -0.4 is 10.6 Å². The number of carbonyl (C=O) groups excluding carboxylic acids is 2. The Morgan fingerprint density at radius 2 is 2.00 bits per heavy atom. The summed E-state index contributed by atoms with van der Waals surface area (Å²) in [5.74, 6) is 0.419. The monoisotopic (exact) mass is 388 g/mol. The van der Waals surface area contributed by atoms with E-state index in [1.807, 2.05) is 13.8 Å². The Kier molecular flexibility index (Phi) is 8.34. The molecule has 1 unspecified atom stereocenters. The zero-order valence-corrected chi connectivity index (χ0v) is 16.5. The Bertz CT molecular complexity index is 547. The van der Waals surface area contributed by atoms with E-state index in [1.165, 1.54) is 47.7 Å². The van der Waals surface area contributed by atoms with Crippen LogP contribution in [0.25, 0.3) is 0 Å². The number of amides is 2. The maximum Gasteiger partial charge on any atom is 0.233 e. The van der Waals surface area contributed by atoms with E-state index in [1.54, 1.807) is 0 Å². The van der Waals surface area contributed by atoms with Gasteiger partial charge < -0.3 is 10.6 Å². The Hall–Kier alpha value is -0.800. The molecule has 1 fully saturated rings. The van der Waals surface area contributed by atoms with Crippen molar-refractivity contribution in [1.82, 2.24) is 20.8 Å². The van der Waals surface area contributed by atoms with Crippen LogP contribution in [0.3, 0.4) is 0 Å². The molecule has 6 nitrogen and oxygen atoms in total. The number of thioether (sulfide) groups is 2. The van der Waals surface area contributed by atoms with E-state index in [9.17, 15) is 9.59 Å². The van der Waals surface area contributed by atoms with Crippen molar-refractivity contribution in [1.29, 1.82) is 0 Å².